The molecule has 1 aliphatic rings. The number of rotatable bonds is 4. The summed E-state index contributed by atoms with van der Waals surface area (Å²) in [5.41, 5.74) is 7.89. The Balaban J connectivity index is 2.06. The maximum absolute atomic E-state index is 12.2. The summed E-state index contributed by atoms with van der Waals surface area (Å²) >= 11 is 0. The van der Waals surface area contributed by atoms with Crippen molar-refractivity contribution >= 4 is 17.7 Å². The highest BCUT2D eigenvalue weighted by Gasteiger charge is 2.37. The molecule has 0 unspecified atom stereocenters. The summed E-state index contributed by atoms with van der Waals surface area (Å²) in [4.78, 5) is 25.6. The fourth-order valence-corrected chi connectivity index (χ4v) is 3.33. The second-order valence-corrected chi connectivity index (χ2v) is 7.88. The Morgan fingerprint density at radius 1 is 1.36 bits per heavy atom. The van der Waals surface area contributed by atoms with E-state index in [4.69, 9.17) is 10.5 Å². The fraction of sp³-hybridized carbons (Fsp3) is 0.579. The number of carbonyl (C=O) groups excluding carboxylic acids is 1. The van der Waals surface area contributed by atoms with Gasteiger partial charge in [-0.1, -0.05) is 6.07 Å². The predicted molar refractivity (Wildman–Crippen MR) is 96.3 cm³/mol. The first-order chi connectivity index (χ1) is 11.5. The van der Waals surface area contributed by atoms with Crippen LogP contribution in [0.15, 0.2) is 18.2 Å². The van der Waals surface area contributed by atoms with Gasteiger partial charge in [0.25, 0.3) is 0 Å². The van der Waals surface area contributed by atoms with E-state index >= 15 is 0 Å². The smallest absolute Gasteiger partial charge is 0.410 e. The number of aryl methyl sites for hydroxylation is 1. The summed E-state index contributed by atoms with van der Waals surface area (Å²) in [6.07, 6.45) is 0.699. The number of aliphatic carboxylic acids is 1. The number of ether oxygens (including phenoxy) is 1. The minimum Gasteiger partial charge on any atom is -0.481 e. The van der Waals surface area contributed by atoms with Gasteiger partial charge in [0.15, 0.2) is 0 Å². The van der Waals surface area contributed by atoms with Gasteiger partial charge in [0.2, 0.25) is 0 Å². The first-order valence-electron chi connectivity index (χ1n) is 8.62. The maximum atomic E-state index is 12.2. The maximum Gasteiger partial charge on any atom is 0.410 e. The van der Waals surface area contributed by atoms with E-state index < -0.39 is 17.5 Å². The van der Waals surface area contributed by atoms with Crippen LogP contribution in [0.4, 0.5) is 10.5 Å². The van der Waals surface area contributed by atoms with E-state index in [0.717, 1.165) is 11.1 Å². The average molecular weight is 348 g/mol. The van der Waals surface area contributed by atoms with Crippen LogP contribution < -0.4 is 5.73 Å². The number of carbonyl (C=O) groups is 2. The number of nitrogen functional groups attached to an aromatic ring is 1. The Kier molecular flexibility index (Phi) is 5.60. The molecule has 0 spiro atoms. The molecule has 2 atom stereocenters. The molecule has 0 aromatic heterocycles. The zero-order valence-electron chi connectivity index (χ0n) is 15.4. The van der Waals surface area contributed by atoms with Gasteiger partial charge < -0.3 is 20.5 Å². The van der Waals surface area contributed by atoms with Crippen molar-refractivity contribution in [2.24, 2.45) is 11.8 Å². The fourth-order valence-electron chi connectivity index (χ4n) is 3.33. The number of hydrogen-bond donors (Lipinski definition) is 2. The predicted octanol–water partition coefficient (Wildman–Crippen LogP) is 3.08. The highest BCUT2D eigenvalue weighted by atomic mass is 16.6. The van der Waals surface area contributed by atoms with Gasteiger partial charge >= 0.3 is 12.1 Å². The number of anilines is 1. The van der Waals surface area contributed by atoms with Gasteiger partial charge in [0.05, 0.1) is 5.92 Å². The lowest BCUT2D eigenvalue weighted by atomic mass is 9.86. The molecule has 0 saturated carbocycles. The topological polar surface area (TPSA) is 92.9 Å². The van der Waals surface area contributed by atoms with Gasteiger partial charge in [-0.25, -0.2) is 4.79 Å². The van der Waals surface area contributed by atoms with Crippen molar-refractivity contribution in [2.75, 3.05) is 18.8 Å². The van der Waals surface area contributed by atoms with Crippen LogP contribution >= 0.6 is 0 Å². The van der Waals surface area contributed by atoms with Crippen LogP contribution in [0.3, 0.4) is 0 Å². The van der Waals surface area contributed by atoms with Crippen molar-refractivity contribution in [1.29, 1.82) is 0 Å². The van der Waals surface area contributed by atoms with Crippen LogP contribution in [0.1, 0.15) is 38.3 Å². The van der Waals surface area contributed by atoms with E-state index in [-0.39, 0.29) is 12.0 Å². The van der Waals surface area contributed by atoms with Crippen LogP contribution in [0, 0.1) is 18.8 Å². The lowest BCUT2D eigenvalue weighted by Gasteiger charge is -2.25. The van der Waals surface area contributed by atoms with Gasteiger partial charge in [-0.05, 0) is 69.7 Å². The molecule has 1 amide bonds. The quantitative estimate of drug-likeness (QED) is 0.816. The van der Waals surface area contributed by atoms with Gasteiger partial charge in [0, 0.05) is 18.8 Å². The van der Waals surface area contributed by atoms with Crippen molar-refractivity contribution in [3.05, 3.63) is 29.3 Å². The van der Waals surface area contributed by atoms with Crippen LogP contribution in [-0.4, -0.2) is 40.8 Å². The highest BCUT2D eigenvalue weighted by molar-refractivity contribution is 5.72. The lowest BCUT2D eigenvalue weighted by molar-refractivity contribution is -0.143. The first-order valence-corrected chi connectivity index (χ1v) is 8.62. The summed E-state index contributed by atoms with van der Waals surface area (Å²) < 4.78 is 5.38. The molecular formula is C19H28N2O4. The molecule has 1 fully saturated rings. The SMILES string of the molecule is Cc1cc(N)cc(C[C@H](C(=O)O)[C@H]2CCN(C(=O)OC(C)(C)C)C2)c1. The minimum absolute atomic E-state index is 0.0910. The van der Waals surface area contributed by atoms with E-state index in [1.807, 2.05) is 45.9 Å². The van der Waals surface area contributed by atoms with Crippen molar-refractivity contribution in [1.82, 2.24) is 4.90 Å². The second kappa shape index (κ2) is 7.33. The zero-order chi connectivity index (χ0) is 18.8. The molecule has 1 saturated heterocycles. The summed E-state index contributed by atoms with van der Waals surface area (Å²) in [6, 6.07) is 5.65. The summed E-state index contributed by atoms with van der Waals surface area (Å²) in [7, 11) is 0. The number of benzene rings is 1. The van der Waals surface area contributed by atoms with E-state index in [0.29, 0.717) is 31.6 Å². The third-order valence-electron chi connectivity index (χ3n) is 4.38. The Labute approximate surface area is 149 Å². The van der Waals surface area contributed by atoms with Crippen molar-refractivity contribution < 1.29 is 19.4 Å². The lowest BCUT2D eigenvalue weighted by Crippen LogP contribution is -2.36. The second-order valence-electron chi connectivity index (χ2n) is 7.88. The first kappa shape index (κ1) is 19.1. The minimum atomic E-state index is -0.837. The van der Waals surface area contributed by atoms with Crippen LogP contribution in [0.2, 0.25) is 0 Å². The summed E-state index contributed by atoms with van der Waals surface area (Å²) in [5, 5.41) is 9.68. The molecule has 3 N–H and O–H groups in total. The molecule has 0 aliphatic carbocycles. The molecule has 25 heavy (non-hydrogen) atoms. The number of carboxylic acid groups (broad SMARTS) is 1. The molecule has 1 heterocycles. The van der Waals surface area contributed by atoms with Crippen molar-refractivity contribution in [2.45, 2.75) is 46.1 Å². The third kappa shape index (κ3) is 5.37. The number of carboxylic acids is 1. The summed E-state index contributed by atoms with van der Waals surface area (Å²) in [6.45, 7) is 8.34. The molecule has 1 aromatic carbocycles. The molecule has 2 rings (SSSR count). The molecule has 138 valence electrons. The molecular weight excluding hydrogens is 320 g/mol. The molecule has 6 nitrogen and oxygen atoms in total. The largest absolute Gasteiger partial charge is 0.481 e. The van der Waals surface area contributed by atoms with Gasteiger partial charge in [-0.2, -0.15) is 0 Å². The van der Waals surface area contributed by atoms with Crippen LogP contribution in [0.25, 0.3) is 0 Å². The van der Waals surface area contributed by atoms with Crippen LogP contribution in [-0.2, 0) is 16.0 Å². The Bertz CT molecular complexity index is 631. The number of nitrogens with zero attached hydrogens (tertiary/aromatic N) is 1. The third-order valence-corrected chi connectivity index (χ3v) is 4.38. The Hall–Kier alpha value is -2.24. The summed E-state index contributed by atoms with van der Waals surface area (Å²) in [5.74, 6) is -1.48. The highest BCUT2D eigenvalue weighted by Crippen LogP contribution is 2.29. The normalized spacial score (nSPS) is 18.9. The van der Waals surface area contributed by atoms with E-state index in [9.17, 15) is 14.7 Å². The van der Waals surface area contributed by atoms with E-state index in [2.05, 4.69) is 0 Å². The van der Waals surface area contributed by atoms with Crippen LogP contribution in [0.5, 0.6) is 0 Å². The molecule has 6 heteroatoms. The Morgan fingerprint density at radius 2 is 2.04 bits per heavy atom. The van der Waals surface area contributed by atoms with Gasteiger partial charge in [-0.15, -0.1) is 0 Å². The Morgan fingerprint density at radius 3 is 2.60 bits per heavy atom. The van der Waals surface area contributed by atoms with Crippen molar-refractivity contribution in [3.8, 4) is 0 Å². The number of nitrogens with two attached hydrogens (primary N) is 1. The van der Waals surface area contributed by atoms with Gasteiger partial charge in [-0.3, -0.25) is 4.79 Å². The van der Waals surface area contributed by atoms with Gasteiger partial charge in [0.1, 0.15) is 5.60 Å². The van der Waals surface area contributed by atoms with E-state index in [1.54, 1.807) is 4.90 Å². The average Bonchev–Trinajstić information content (AvgIpc) is 2.91. The van der Waals surface area contributed by atoms with Crippen molar-refractivity contribution in [3.63, 3.8) is 0 Å². The molecule has 0 radical (unpaired) electrons. The van der Waals surface area contributed by atoms with E-state index in [1.165, 1.54) is 0 Å². The molecule has 0 bridgehead atoms. The standard InChI is InChI=1S/C19H28N2O4/c1-12-7-13(9-15(20)8-12)10-16(17(22)23)14-5-6-21(11-14)18(24)25-19(2,3)4/h7-9,14,16H,5-6,10-11,20H2,1-4H3,(H,22,23)/t14-,16-/m0/s1. The number of amides is 1. The monoisotopic (exact) mass is 348 g/mol. The number of hydrogen-bond acceptors (Lipinski definition) is 4. The molecule has 1 aromatic rings. The number of likely N-dealkylation sites (tertiary alicyclic amines) is 1. The zero-order valence-corrected chi connectivity index (χ0v) is 15.4. The molecule has 1 aliphatic heterocycles.